The van der Waals surface area contributed by atoms with Gasteiger partial charge >= 0.3 is 0 Å². The second-order valence-electron chi connectivity index (χ2n) is 7.03. The van der Waals surface area contributed by atoms with Crippen molar-refractivity contribution in [3.8, 4) is 5.75 Å². The van der Waals surface area contributed by atoms with Crippen LogP contribution in [0, 0.1) is 5.82 Å². The number of nitrogens with one attached hydrogen (secondary N) is 1. The molecular formula is C24H22FNO2. The summed E-state index contributed by atoms with van der Waals surface area (Å²) in [6.07, 6.45) is 3.05. The molecule has 0 spiro atoms. The van der Waals surface area contributed by atoms with Crippen LogP contribution in [-0.4, -0.2) is 5.91 Å². The standard InChI is InChI=1S/C24H22FNO2/c25-19-14-12-17(13-15-19)16-28-23-11-4-3-9-21(23)24(27)26-22-10-5-7-18-6-1-2-8-20(18)22/h1-4,6,8-9,11-15,22H,5,7,10,16H2,(H,26,27)/t22-/m1/s1. The molecule has 0 unspecified atom stereocenters. The van der Waals surface area contributed by atoms with Crippen molar-refractivity contribution >= 4 is 5.91 Å². The van der Waals surface area contributed by atoms with Gasteiger partial charge in [-0.15, -0.1) is 0 Å². The summed E-state index contributed by atoms with van der Waals surface area (Å²) in [4.78, 5) is 13.0. The minimum Gasteiger partial charge on any atom is -0.488 e. The highest BCUT2D eigenvalue weighted by molar-refractivity contribution is 5.97. The second kappa shape index (κ2) is 8.26. The van der Waals surface area contributed by atoms with E-state index in [1.807, 2.05) is 24.3 Å². The average molecular weight is 375 g/mol. The second-order valence-corrected chi connectivity index (χ2v) is 7.03. The third-order valence-corrected chi connectivity index (χ3v) is 5.11. The fourth-order valence-corrected chi connectivity index (χ4v) is 3.66. The van der Waals surface area contributed by atoms with Gasteiger partial charge in [0.15, 0.2) is 0 Å². The third kappa shape index (κ3) is 4.06. The zero-order valence-electron chi connectivity index (χ0n) is 15.5. The molecule has 4 heteroatoms. The lowest BCUT2D eigenvalue weighted by molar-refractivity contribution is 0.0928. The van der Waals surface area contributed by atoms with Crippen LogP contribution >= 0.6 is 0 Å². The van der Waals surface area contributed by atoms with Gasteiger partial charge in [0.1, 0.15) is 18.2 Å². The van der Waals surface area contributed by atoms with Crippen molar-refractivity contribution in [1.82, 2.24) is 5.32 Å². The Balaban J connectivity index is 1.49. The molecule has 0 aromatic heterocycles. The van der Waals surface area contributed by atoms with Crippen LogP contribution in [0.25, 0.3) is 0 Å². The topological polar surface area (TPSA) is 38.3 Å². The fraction of sp³-hybridized carbons (Fsp3) is 0.208. The number of halogens is 1. The molecule has 0 heterocycles. The molecule has 142 valence electrons. The first-order valence-electron chi connectivity index (χ1n) is 9.55. The molecule has 0 saturated heterocycles. The number of amides is 1. The van der Waals surface area contributed by atoms with Crippen molar-refractivity contribution in [2.45, 2.75) is 31.9 Å². The molecule has 3 aromatic carbocycles. The summed E-state index contributed by atoms with van der Waals surface area (Å²) >= 11 is 0. The Morgan fingerprint density at radius 2 is 1.75 bits per heavy atom. The molecule has 0 radical (unpaired) electrons. The summed E-state index contributed by atoms with van der Waals surface area (Å²) in [5, 5.41) is 3.17. The molecule has 1 atom stereocenters. The van der Waals surface area contributed by atoms with Gasteiger partial charge in [-0.3, -0.25) is 4.79 Å². The van der Waals surface area contributed by atoms with E-state index in [0.717, 1.165) is 24.8 Å². The molecule has 1 N–H and O–H groups in total. The largest absolute Gasteiger partial charge is 0.488 e. The van der Waals surface area contributed by atoms with Crippen LogP contribution in [0.1, 0.15) is 45.9 Å². The molecule has 1 aliphatic carbocycles. The number of carbonyl (C=O) groups excluding carboxylic acids is 1. The van der Waals surface area contributed by atoms with Crippen molar-refractivity contribution in [3.05, 3.63) is 101 Å². The molecule has 4 rings (SSSR count). The highest BCUT2D eigenvalue weighted by atomic mass is 19.1. The monoisotopic (exact) mass is 375 g/mol. The molecule has 1 aliphatic rings. The van der Waals surface area contributed by atoms with Gasteiger partial charge in [0.05, 0.1) is 11.6 Å². The van der Waals surface area contributed by atoms with E-state index in [1.54, 1.807) is 24.3 Å². The zero-order chi connectivity index (χ0) is 19.3. The van der Waals surface area contributed by atoms with E-state index in [9.17, 15) is 9.18 Å². The van der Waals surface area contributed by atoms with Gasteiger partial charge in [0.2, 0.25) is 0 Å². The quantitative estimate of drug-likeness (QED) is 0.665. The number of carbonyl (C=O) groups is 1. The van der Waals surface area contributed by atoms with Crippen molar-refractivity contribution in [3.63, 3.8) is 0 Å². The van der Waals surface area contributed by atoms with Gasteiger partial charge in [0, 0.05) is 0 Å². The van der Waals surface area contributed by atoms with Crippen LogP contribution in [0.15, 0.2) is 72.8 Å². The number of ether oxygens (including phenoxy) is 1. The molecule has 3 aromatic rings. The van der Waals surface area contributed by atoms with Crippen LogP contribution in [0.4, 0.5) is 4.39 Å². The van der Waals surface area contributed by atoms with Crippen molar-refractivity contribution < 1.29 is 13.9 Å². The van der Waals surface area contributed by atoms with Gasteiger partial charge in [-0.1, -0.05) is 48.5 Å². The number of rotatable bonds is 5. The minimum atomic E-state index is -0.281. The summed E-state index contributed by atoms with van der Waals surface area (Å²) in [5.74, 6) is 0.0983. The van der Waals surface area contributed by atoms with Gasteiger partial charge in [-0.25, -0.2) is 4.39 Å². The minimum absolute atomic E-state index is 0.0163. The van der Waals surface area contributed by atoms with E-state index >= 15 is 0 Å². The Hall–Kier alpha value is -3.14. The fourth-order valence-electron chi connectivity index (χ4n) is 3.66. The molecule has 0 fully saturated rings. The summed E-state index contributed by atoms with van der Waals surface area (Å²) in [6, 6.07) is 21.7. The highest BCUT2D eigenvalue weighted by Gasteiger charge is 2.23. The van der Waals surface area contributed by atoms with Gasteiger partial charge in [-0.2, -0.15) is 0 Å². The number of para-hydroxylation sites is 1. The van der Waals surface area contributed by atoms with Crippen LogP contribution in [-0.2, 0) is 13.0 Å². The molecule has 0 bridgehead atoms. The first-order valence-corrected chi connectivity index (χ1v) is 9.55. The lowest BCUT2D eigenvalue weighted by Gasteiger charge is -2.26. The zero-order valence-corrected chi connectivity index (χ0v) is 15.5. The Bertz CT molecular complexity index is 968. The number of benzene rings is 3. The van der Waals surface area contributed by atoms with E-state index in [0.29, 0.717) is 11.3 Å². The Kier molecular flexibility index (Phi) is 5.38. The third-order valence-electron chi connectivity index (χ3n) is 5.11. The normalized spacial score (nSPS) is 15.5. The van der Waals surface area contributed by atoms with Crippen molar-refractivity contribution in [2.24, 2.45) is 0 Å². The summed E-state index contributed by atoms with van der Waals surface area (Å²) in [6.45, 7) is 0.275. The van der Waals surface area contributed by atoms with E-state index in [2.05, 4.69) is 17.4 Å². The maximum absolute atomic E-state index is 13.1. The maximum atomic E-state index is 13.1. The Morgan fingerprint density at radius 1 is 1.00 bits per heavy atom. The summed E-state index contributed by atoms with van der Waals surface area (Å²) in [7, 11) is 0. The number of aryl methyl sites for hydroxylation is 1. The van der Waals surface area contributed by atoms with Crippen molar-refractivity contribution in [1.29, 1.82) is 0 Å². The maximum Gasteiger partial charge on any atom is 0.255 e. The van der Waals surface area contributed by atoms with Gasteiger partial charge in [-0.05, 0) is 60.2 Å². The van der Waals surface area contributed by atoms with Crippen LogP contribution in [0.5, 0.6) is 5.75 Å². The lowest BCUT2D eigenvalue weighted by atomic mass is 9.87. The molecule has 3 nitrogen and oxygen atoms in total. The highest BCUT2D eigenvalue weighted by Crippen LogP contribution is 2.30. The first kappa shape index (κ1) is 18.2. The smallest absolute Gasteiger partial charge is 0.255 e. The first-order chi connectivity index (χ1) is 13.7. The molecular weight excluding hydrogens is 353 g/mol. The number of hydrogen-bond acceptors (Lipinski definition) is 2. The summed E-state index contributed by atoms with van der Waals surface area (Å²) in [5.41, 5.74) is 3.86. The van der Waals surface area contributed by atoms with E-state index in [4.69, 9.17) is 4.74 Å². The van der Waals surface area contributed by atoms with Crippen molar-refractivity contribution in [2.75, 3.05) is 0 Å². The van der Waals surface area contributed by atoms with Gasteiger partial charge in [0.25, 0.3) is 5.91 Å². The molecule has 0 saturated carbocycles. The number of fused-ring (bicyclic) bond motifs is 1. The van der Waals surface area contributed by atoms with E-state index in [1.165, 1.54) is 23.3 Å². The van der Waals surface area contributed by atoms with Crippen LogP contribution < -0.4 is 10.1 Å². The SMILES string of the molecule is O=C(N[C@@H]1CCCc2ccccc21)c1ccccc1OCc1ccc(F)cc1. The average Bonchev–Trinajstić information content (AvgIpc) is 2.74. The Labute approximate surface area is 164 Å². The Morgan fingerprint density at radius 3 is 2.61 bits per heavy atom. The predicted molar refractivity (Wildman–Crippen MR) is 107 cm³/mol. The molecule has 1 amide bonds. The lowest BCUT2D eigenvalue weighted by Crippen LogP contribution is -2.31. The van der Waals surface area contributed by atoms with Crippen LogP contribution in [0.3, 0.4) is 0 Å². The molecule has 0 aliphatic heterocycles. The van der Waals surface area contributed by atoms with Gasteiger partial charge < -0.3 is 10.1 Å². The molecule has 28 heavy (non-hydrogen) atoms. The van der Waals surface area contributed by atoms with E-state index in [-0.39, 0.29) is 24.4 Å². The number of hydrogen-bond donors (Lipinski definition) is 1. The van der Waals surface area contributed by atoms with Crippen LogP contribution in [0.2, 0.25) is 0 Å². The van der Waals surface area contributed by atoms with E-state index < -0.39 is 0 Å². The predicted octanol–water partition coefficient (Wildman–Crippen LogP) is 5.21. The summed E-state index contributed by atoms with van der Waals surface area (Å²) < 4.78 is 18.9.